The number of aromatic nitrogens is 1. The van der Waals surface area contributed by atoms with Gasteiger partial charge in [-0.1, -0.05) is 36.4 Å². The molecule has 5 heteroatoms. The van der Waals surface area contributed by atoms with E-state index in [1.807, 2.05) is 60.7 Å². The second-order valence-corrected chi connectivity index (χ2v) is 7.21. The summed E-state index contributed by atoms with van der Waals surface area (Å²) in [7, 11) is 0. The zero-order valence-electron chi connectivity index (χ0n) is 14.4. The highest BCUT2D eigenvalue weighted by Crippen LogP contribution is 2.26. The third kappa shape index (κ3) is 3.63. The van der Waals surface area contributed by atoms with E-state index in [1.165, 1.54) is 0 Å². The minimum atomic E-state index is -0.235. The van der Waals surface area contributed by atoms with Gasteiger partial charge >= 0.3 is 0 Å². The number of fused-ring (bicyclic) bond motifs is 1. The molecule has 0 spiro atoms. The zero-order chi connectivity index (χ0) is 17.9. The summed E-state index contributed by atoms with van der Waals surface area (Å²) in [5.74, 6) is 1.63. The third-order valence-electron chi connectivity index (χ3n) is 4.25. The summed E-state index contributed by atoms with van der Waals surface area (Å²) in [4.78, 5) is 20.7. The van der Waals surface area contributed by atoms with Crippen molar-refractivity contribution in [2.45, 2.75) is 19.6 Å². The van der Waals surface area contributed by atoms with E-state index in [9.17, 15) is 4.79 Å². The Kier molecular flexibility index (Phi) is 4.71. The van der Waals surface area contributed by atoms with Gasteiger partial charge in [-0.05, 0) is 36.8 Å². The molecule has 0 aliphatic carbocycles. The normalized spacial score (nSPS) is 16.5. The number of carbonyl (C=O) groups excluding carboxylic acids is 1. The second kappa shape index (κ2) is 7.30. The molecule has 1 aliphatic rings. The van der Waals surface area contributed by atoms with Gasteiger partial charge in [-0.3, -0.25) is 9.79 Å². The molecular formula is C21H18N2O2S. The van der Waals surface area contributed by atoms with Crippen LogP contribution in [0.2, 0.25) is 0 Å². The Morgan fingerprint density at radius 3 is 2.77 bits per heavy atom. The lowest BCUT2D eigenvalue weighted by Gasteiger charge is -2.08. The van der Waals surface area contributed by atoms with Crippen molar-refractivity contribution in [2.24, 2.45) is 4.99 Å². The Morgan fingerprint density at radius 1 is 1.15 bits per heavy atom. The van der Waals surface area contributed by atoms with Crippen molar-refractivity contribution in [3.63, 3.8) is 0 Å². The van der Waals surface area contributed by atoms with E-state index < -0.39 is 0 Å². The minimum absolute atomic E-state index is 0.105. The maximum Gasteiger partial charge on any atom is 0.155 e. The quantitative estimate of drug-likeness (QED) is 0.680. The molecule has 0 amide bonds. The van der Waals surface area contributed by atoms with Crippen molar-refractivity contribution < 1.29 is 9.53 Å². The SMILES string of the molecule is CC(=O)C1CSC(c2ccc3cc(OCc4ccccc4)ccc3n2)=N1. The van der Waals surface area contributed by atoms with Crippen LogP contribution in [-0.4, -0.2) is 27.6 Å². The number of Topliss-reactive ketones (excluding diaryl/α,β-unsaturated/α-hetero) is 1. The van der Waals surface area contributed by atoms with E-state index in [2.05, 4.69) is 4.99 Å². The first-order valence-corrected chi connectivity index (χ1v) is 9.46. The Morgan fingerprint density at radius 2 is 2.00 bits per heavy atom. The molecule has 0 saturated heterocycles. The standard InChI is InChI=1S/C21H18N2O2S/c1-14(24)20-13-26-21(23-20)19-9-7-16-11-17(8-10-18(16)22-19)25-12-15-5-3-2-4-6-15/h2-11,20H,12-13H2,1H3. The molecule has 4 rings (SSSR count). The van der Waals surface area contributed by atoms with Gasteiger partial charge in [0.15, 0.2) is 5.78 Å². The molecule has 1 atom stereocenters. The van der Waals surface area contributed by atoms with Crippen LogP contribution in [-0.2, 0) is 11.4 Å². The molecule has 1 aliphatic heterocycles. The maximum absolute atomic E-state index is 11.5. The Bertz CT molecular complexity index is 986. The van der Waals surface area contributed by atoms with Crippen LogP contribution >= 0.6 is 11.8 Å². The summed E-state index contributed by atoms with van der Waals surface area (Å²) in [6.07, 6.45) is 0. The molecule has 1 aromatic heterocycles. The zero-order valence-corrected chi connectivity index (χ0v) is 15.2. The lowest BCUT2D eigenvalue weighted by molar-refractivity contribution is -0.117. The first-order valence-electron chi connectivity index (χ1n) is 8.48. The van der Waals surface area contributed by atoms with Crippen molar-refractivity contribution >= 4 is 33.5 Å². The van der Waals surface area contributed by atoms with Crippen LogP contribution in [0.15, 0.2) is 65.7 Å². The lowest BCUT2D eigenvalue weighted by Crippen LogP contribution is -2.14. The van der Waals surface area contributed by atoms with E-state index in [0.717, 1.165) is 33.0 Å². The molecule has 0 saturated carbocycles. The topological polar surface area (TPSA) is 51.5 Å². The Balaban J connectivity index is 1.53. The molecule has 0 fully saturated rings. The number of thioether (sulfide) groups is 1. The van der Waals surface area contributed by atoms with Crippen molar-refractivity contribution in [2.75, 3.05) is 5.75 Å². The highest BCUT2D eigenvalue weighted by molar-refractivity contribution is 8.14. The minimum Gasteiger partial charge on any atom is -0.489 e. The summed E-state index contributed by atoms with van der Waals surface area (Å²) in [5.41, 5.74) is 2.85. The number of carbonyl (C=O) groups is 1. The van der Waals surface area contributed by atoms with Gasteiger partial charge in [-0.2, -0.15) is 0 Å². The molecule has 26 heavy (non-hydrogen) atoms. The van der Waals surface area contributed by atoms with Crippen LogP contribution in [0.1, 0.15) is 18.2 Å². The Hall–Kier alpha value is -2.66. The summed E-state index contributed by atoms with van der Waals surface area (Å²) < 4.78 is 5.88. The van der Waals surface area contributed by atoms with Crippen molar-refractivity contribution in [1.29, 1.82) is 0 Å². The summed E-state index contributed by atoms with van der Waals surface area (Å²) >= 11 is 1.59. The van der Waals surface area contributed by atoms with E-state index in [-0.39, 0.29) is 11.8 Å². The number of nitrogens with zero attached hydrogens (tertiary/aromatic N) is 2. The number of ketones is 1. The fourth-order valence-electron chi connectivity index (χ4n) is 2.78. The van der Waals surface area contributed by atoms with Crippen LogP contribution in [0.25, 0.3) is 10.9 Å². The van der Waals surface area contributed by atoms with E-state index >= 15 is 0 Å². The van der Waals surface area contributed by atoms with Gasteiger partial charge in [0.2, 0.25) is 0 Å². The van der Waals surface area contributed by atoms with Gasteiger partial charge in [0.25, 0.3) is 0 Å². The molecule has 4 nitrogen and oxygen atoms in total. The number of hydrogen-bond acceptors (Lipinski definition) is 5. The Labute approximate surface area is 156 Å². The molecule has 1 unspecified atom stereocenters. The van der Waals surface area contributed by atoms with E-state index in [0.29, 0.717) is 12.4 Å². The predicted molar refractivity (Wildman–Crippen MR) is 106 cm³/mol. The van der Waals surface area contributed by atoms with Gasteiger partial charge in [-0.25, -0.2) is 4.98 Å². The van der Waals surface area contributed by atoms with Crippen LogP contribution < -0.4 is 4.74 Å². The highest BCUT2D eigenvalue weighted by Gasteiger charge is 2.23. The number of aliphatic imine (C=N–C) groups is 1. The van der Waals surface area contributed by atoms with Gasteiger partial charge in [0, 0.05) is 11.1 Å². The number of benzene rings is 2. The third-order valence-corrected chi connectivity index (χ3v) is 5.32. The van der Waals surface area contributed by atoms with Crippen LogP contribution in [0.4, 0.5) is 0 Å². The van der Waals surface area contributed by atoms with Crippen LogP contribution in [0.3, 0.4) is 0 Å². The molecule has 2 aromatic carbocycles. The first-order chi connectivity index (χ1) is 12.7. The van der Waals surface area contributed by atoms with Gasteiger partial charge < -0.3 is 4.74 Å². The maximum atomic E-state index is 11.5. The average Bonchev–Trinajstić information content (AvgIpc) is 3.17. The van der Waals surface area contributed by atoms with Crippen LogP contribution in [0.5, 0.6) is 5.75 Å². The summed E-state index contributed by atoms with van der Waals surface area (Å²) in [6.45, 7) is 2.13. The van der Waals surface area contributed by atoms with E-state index in [4.69, 9.17) is 9.72 Å². The van der Waals surface area contributed by atoms with E-state index in [1.54, 1.807) is 18.7 Å². The molecular weight excluding hydrogens is 344 g/mol. The molecule has 130 valence electrons. The first kappa shape index (κ1) is 16.8. The largest absolute Gasteiger partial charge is 0.489 e. The smallest absolute Gasteiger partial charge is 0.155 e. The second-order valence-electron chi connectivity index (χ2n) is 6.20. The monoisotopic (exact) mass is 362 g/mol. The number of pyridine rings is 1. The lowest BCUT2D eigenvalue weighted by atomic mass is 10.2. The number of ether oxygens (including phenoxy) is 1. The predicted octanol–water partition coefficient (Wildman–Crippen LogP) is 4.26. The summed E-state index contributed by atoms with van der Waals surface area (Å²) in [6, 6.07) is 19.7. The fourth-order valence-corrected chi connectivity index (χ4v) is 3.86. The molecule has 0 bridgehead atoms. The molecule has 0 radical (unpaired) electrons. The van der Waals surface area contributed by atoms with Crippen LogP contribution in [0, 0.1) is 0 Å². The molecule has 0 N–H and O–H groups in total. The number of rotatable bonds is 5. The van der Waals surface area contributed by atoms with Crippen molar-refractivity contribution in [3.05, 3.63) is 71.9 Å². The van der Waals surface area contributed by atoms with Gasteiger partial charge in [0.05, 0.1) is 11.2 Å². The van der Waals surface area contributed by atoms with Crippen molar-refractivity contribution in [1.82, 2.24) is 4.98 Å². The average molecular weight is 362 g/mol. The van der Waals surface area contributed by atoms with Gasteiger partial charge in [0.1, 0.15) is 23.4 Å². The van der Waals surface area contributed by atoms with Gasteiger partial charge in [-0.15, -0.1) is 11.8 Å². The summed E-state index contributed by atoms with van der Waals surface area (Å²) in [5, 5.41) is 1.86. The number of hydrogen-bond donors (Lipinski definition) is 0. The molecule has 2 heterocycles. The fraction of sp³-hybridized carbons (Fsp3) is 0.190. The highest BCUT2D eigenvalue weighted by atomic mass is 32.2. The van der Waals surface area contributed by atoms with Crippen molar-refractivity contribution in [3.8, 4) is 5.75 Å². The molecule has 3 aromatic rings.